The third-order valence-corrected chi connectivity index (χ3v) is 1.61. The standard InChI is InChI=1S/C6H12N/c7-5-6-3-1-2-4-6/h1,6H,2-5,7H2. The van der Waals surface area contributed by atoms with Gasteiger partial charge in [-0.05, 0) is 38.1 Å². The number of hydrogen-bond acceptors (Lipinski definition) is 1. The predicted octanol–water partition coefficient (Wildman–Crippen LogP) is 0.949. The van der Waals surface area contributed by atoms with Crippen molar-refractivity contribution in [1.29, 1.82) is 0 Å². The third-order valence-electron chi connectivity index (χ3n) is 1.61. The van der Waals surface area contributed by atoms with Gasteiger partial charge in [-0.3, -0.25) is 0 Å². The fraction of sp³-hybridized carbons (Fsp3) is 0.833. The summed E-state index contributed by atoms with van der Waals surface area (Å²) in [6.07, 6.45) is 6.21. The molecule has 1 atom stereocenters. The topological polar surface area (TPSA) is 26.0 Å². The van der Waals surface area contributed by atoms with E-state index in [2.05, 4.69) is 6.42 Å². The molecule has 2 N–H and O–H groups in total. The van der Waals surface area contributed by atoms with E-state index in [0.717, 1.165) is 12.5 Å². The molecule has 0 aromatic carbocycles. The normalized spacial score (nSPS) is 23.6. The summed E-state index contributed by atoms with van der Waals surface area (Å²) in [5.41, 5.74) is 5.41. The summed E-state index contributed by atoms with van der Waals surface area (Å²) < 4.78 is 0. The summed E-state index contributed by atoms with van der Waals surface area (Å²) in [7, 11) is 0. The number of hydrogen-bond donors (Lipinski definition) is 1. The van der Waals surface area contributed by atoms with E-state index in [1.807, 2.05) is 0 Å². The van der Waals surface area contributed by atoms with Crippen LogP contribution in [0, 0.1) is 12.3 Å². The molecular formula is C6H12N. The van der Waals surface area contributed by atoms with Crippen LogP contribution >= 0.6 is 0 Å². The fourth-order valence-corrected chi connectivity index (χ4v) is 1.04. The summed E-state index contributed by atoms with van der Waals surface area (Å²) in [5.74, 6) is 0.819. The third kappa shape index (κ3) is 1.16. The van der Waals surface area contributed by atoms with Crippen LogP contribution in [0.1, 0.15) is 19.3 Å². The molecule has 0 bridgehead atoms. The molecule has 0 heterocycles. The maximum absolute atomic E-state index is 5.41. The van der Waals surface area contributed by atoms with Crippen LogP contribution < -0.4 is 5.73 Å². The highest BCUT2D eigenvalue weighted by molar-refractivity contribution is 4.80. The van der Waals surface area contributed by atoms with Crippen molar-refractivity contribution in [1.82, 2.24) is 0 Å². The predicted molar refractivity (Wildman–Crippen MR) is 30.7 cm³/mol. The van der Waals surface area contributed by atoms with Crippen molar-refractivity contribution >= 4 is 0 Å². The monoisotopic (exact) mass is 98.1 g/mol. The summed E-state index contributed by atoms with van der Waals surface area (Å²) in [4.78, 5) is 0. The largest absolute Gasteiger partial charge is 0.330 e. The molecule has 1 aliphatic rings. The first-order valence-electron chi connectivity index (χ1n) is 2.95. The Balaban J connectivity index is 2.14. The highest BCUT2D eigenvalue weighted by Crippen LogP contribution is 2.21. The van der Waals surface area contributed by atoms with Crippen molar-refractivity contribution in [3.05, 3.63) is 6.42 Å². The minimum absolute atomic E-state index is 0.819. The van der Waals surface area contributed by atoms with E-state index >= 15 is 0 Å². The molecule has 1 unspecified atom stereocenters. The second kappa shape index (κ2) is 2.31. The summed E-state index contributed by atoms with van der Waals surface area (Å²) in [6.45, 7) is 0.885. The van der Waals surface area contributed by atoms with Crippen molar-refractivity contribution in [3.63, 3.8) is 0 Å². The highest BCUT2D eigenvalue weighted by atomic mass is 14.5. The Labute approximate surface area is 44.9 Å². The Morgan fingerprint density at radius 2 is 2.57 bits per heavy atom. The van der Waals surface area contributed by atoms with Gasteiger partial charge in [0.1, 0.15) is 0 Å². The Hall–Kier alpha value is -0.0400. The lowest BCUT2D eigenvalue weighted by atomic mass is 10.1. The van der Waals surface area contributed by atoms with E-state index in [1.54, 1.807) is 0 Å². The van der Waals surface area contributed by atoms with Gasteiger partial charge in [0.15, 0.2) is 0 Å². The summed E-state index contributed by atoms with van der Waals surface area (Å²) in [5, 5.41) is 0. The van der Waals surface area contributed by atoms with Crippen molar-refractivity contribution in [3.8, 4) is 0 Å². The number of rotatable bonds is 1. The zero-order valence-corrected chi connectivity index (χ0v) is 4.56. The minimum atomic E-state index is 0.819. The maximum atomic E-state index is 5.41. The number of nitrogens with two attached hydrogens (primary N) is 1. The molecule has 41 valence electrons. The van der Waals surface area contributed by atoms with E-state index in [9.17, 15) is 0 Å². The quantitative estimate of drug-likeness (QED) is 0.519. The first-order chi connectivity index (χ1) is 3.43. The van der Waals surface area contributed by atoms with Gasteiger partial charge in [0.2, 0.25) is 0 Å². The molecule has 0 aromatic heterocycles. The average molecular weight is 98.2 g/mol. The van der Waals surface area contributed by atoms with Gasteiger partial charge in [-0.1, -0.05) is 0 Å². The second-order valence-electron chi connectivity index (χ2n) is 2.20. The van der Waals surface area contributed by atoms with E-state index in [-0.39, 0.29) is 0 Å². The molecule has 0 saturated heterocycles. The highest BCUT2D eigenvalue weighted by Gasteiger charge is 2.11. The Morgan fingerprint density at radius 3 is 2.86 bits per heavy atom. The van der Waals surface area contributed by atoms with Crippen molar-refractivity contribution < 1.29 is 0 Å². The van der Waals surface area contributed by atoms with Gasteiger partial charge in [0.25, 0.3) is 0 Å². The van der Waals surface area contributed by atoms with Gasteiger partial charge >= 0.3 is 0 Å². The maximum Gasteiger partial charge on any atom is -0.00488 e. The van der Waals surface area contributed by atoms with E-state index in [1.165, 1.54) is 19.3 Å². The lowest BCUT2D eigenvalue weighted by molar-refractivity contribution is 0.569. The lowest BCUT2D eigenvalue weighted by Crippen LogP contribution is -2.09. The zero-order chi connectivity index (χ0) is 5.11. The van der Waals surface area contributed by atoms with Gasteiger partial charge < -0.3 is 5.73 Å². The van der Waals surface area contributed by atoms with Crippen molar-refractivity contribution in [2.45, 2.75) is 19.3 Å². The molecule has 1 saturated carbocycles. The van der Waals surface area contributed by atoms with Crippen LogP contribution in [0.25, 0.3) is 0 Å². The van der Waals surface area contributed by atoms with Crippen LogP contribution in [0.15, 0.2) is 0 Å². The molecule has 0 spiro atoms. The Morgan fingerprint density at radius 1 is 1.71 bits per heavy atom. The zero-order valence-electron chi connectivity index (χ0n) is 4.56. The molecule has 0 aliphatic heterocycles. The van der Waals surface area contributed by atoms with Gasteiger partial charge in [-0.2, -0.15) is 0 Å². The average Bonchev–Trinajstić information content (AvgIpc) is 2.14. The molecule has 1 nitrogen and oxygen atoms in total. The van der Waals surface area contributed by atoms with Gasteiger partial charge in [0.05, 0.1) is 0 Å². The Kier molecular flexibility index (Phi) is 1.69. The molecule has 1 aliphatic carbocycles. The molecule has 0 aromatic rings. The SMILES string of the molecule is NCC1C[CH]CC1. The molecule has 1 heteroatoms. The summed E-state index contributed by atoms with van der Waals surface area (Å²) in [6, 6.07) is 0. The van der Waals surface area contributed by atoms with Crippen LogP contribution in [-0.4, -0.2) is 6.54 Å². The van der Waals surface area contributed by atoms with Gasteiger partial charge in [-0.25, -0.2) is 0 Å². The second-order valence-corrected chi connectivity index (χ2v) is 2.20. The van der Waals surface area contributed by atoms with Crippen LogP contribution in [0.5, 0.6) is 0 Å². The lowest BCUT2D eigenvalue weighted by Gasteiger charge is -1.99. The van der Waals surface area contributed by atoms with Crippen LogP contribution in [0.2, 0.25) is 0 Å². The van der Waals surface area contributed by atoms with Gasteiger partial charge in [0, 0.05) is 0 Å². The summed E-state index contributed by atoms with van der Waals surface area (Å²) >= 11 is 0. The fourth-order valence-electron chi connectivity index (χ4n) is 1.04. The van der Waals surface area contributed by atoms with Crippen molar-refractivity contribution in [2.75, 3.05) is 6.54 Å². The molecule has 1 fully saturated rings. The van der Waals surface area contributed by atoms with Crippen LogP contribution in [-0.2, 0) is 0 Å². The molecule has 1 radical (unpaired) electrons. The molecule has 0 amide bonds. The first-order valence-corrected chi connectivity index (χ1v) is 2.95. The molecule has 1 rings (SSSR count). The molecular weight excluding hydrogens is 86.1 g/mol. The van der Waals surface area contributed by atoms with Crippen LogP contribution in [0.4, 0.5) is 0 Å². The van der Waals surface area contributed by atoms with Gasteiger partial charge in [-0.15, -0.1) is 0 Å². The van der Waals surface area contributed by atoms with Crippen LogP contribution in [0.3, 0.4) is 0 Å². The smallest absolute Gasteiger partial charge is 0.00488 e. The van der Waals surface area contributed by atoms with E-state index in [4.69, 9.17) is 5.73 Å². The first kappa shape index (κ1) is 5.10. The van der Waals surface area contributed by atoms with E-state index in [0.29, 0.717) is 0 Å². The van der Waals surface area contributed by atoms with E-state index < -0.39 is 0 Å². The minimum Gasteiger partial charge on any atom is -0.330 e. The van der Waals surface area contributed by atoms with Crippen molar-refractivity contribution in [2.24, 2.45) is 11.7 Å². The molecule has 7 heavy (non-hydrogen) atoms. The Bertz CT molecular complexity index is 46.1.